The molecule has 1 N–H and O–H groups in total. The van der Waals surface area contributed by atoms with Gasteiger partial charge in [0.2, 0.25) is 0 Å². The standard InChI is InChI=1S/C12H25NO3/c1-12(2,11(15)16-4)10-13(3)8-6-5-7-9-14/h14H,5-10H2,1-4H3. The van der Waals surface area contributed by atoms with Crippen LogP contribution in [0.25, 0.3) is 0 Å². The first-order valence-corrected chi connectivity index (χ1v) is 5.82. The molecule has 0 aromatic carbocycles. The number of esters is 1. The third-order valence-electron chi connectivity index (χ3n) is 2.60. The number of aliphatic hydroxyl groups excluding tert-OH is 1. The molecule has 0 spiro atoms. The summed E-state index contributed by atoms with van der Waals surface area (Å²) in [7, 11) is 3.43. The molecule has 0 saturated carbocycles. The Balaban J connectivity index is 3.85. The summed E-state index contributed by atoms with van der Waals surface area (Å²) in [5.41, 5.74) is -0.458. The summed E-state index contributed by atoms with van der Waals surface area (Å²) < 4.78 is 4.76. The minimum Gasteiger partial charge on any atom is -0.469 e. The van der Waals surface area contributed by atoms with Crippen molar-refractivity contribution in [2.75, 3.05) is 33.9 Å². The Morgan fingerprint density at radius 1 is 1.31 bits per heavy atom. The van der Waals surface area contributed by atoms with E-state index in [4.69, 9.17) is 9.84 Å². The molecule has 0 aromatic heterocycles. The number of nitrogens with zero attached hydrogens (tertiary/aromatic N) is 1. The molecule has 4 nitrogen and oxygen atoms in total. The average Bonchev–Trinajstić information content (AvgIpc) is 2.22. The van der Waals surface area contributed by atoms with E-state index in [-0.39, 0.29) is 12.6 Å². The Morgan fingerprint density at radius 2 is 1.94 bits per heavy atom. The van der Waals surface area contributed by atoms with Crippen molar-refractivity contribution < 1.29 is 14.6 Å². The minimum atomic E-state index is -0.458. The second kappa shape index (κ2) is 7.63. The molecular formula is C12H25NO3. The lowest BCUT2D eigenvalue weighted by molar-refractivity contribution is -0.151. The van der Waals surface area contributed by atoms with Gasteiger partial charge in [-0.1, -0.05) is 0 Å². The van der Waals surface area contributed by atoms with Gasteiger partial charge in [-0.3, -0.25) is 4.79 Å². The van der Waals surface area contributed by atoms with Gasteiger partial charge < -0.3 is 14.7 Å². The molecule has 0 saturated heterocycles. The highest BCUT2D eigenvalue weighted by atomic mass is 16.5. The highest BCUT2D eigenvalue weighted by Crippen LogP contribution is 2.18. The number of ether oxygens (including phenoxy) is 1. The predicted octanol–water partition coefficient (Wildman–Crippen LogP) is 1.28. The Morgan fingerprint density at radius 3 is 2.44 bits per heavy atom. The van der Waals surface area contributed by atoms with E-state index in [1.54, 1.807) is 0 Å². The molecule has 0 aliphatic rings. The zero-order valence-corrected chi connectivity index (χ0v) is 11.0. The molecule has 0 bridgehead atoms. The van der Waals surface area contributed by atoms with Gasteiger partial charge in [-0.15, -0.1) is 0 Å². The largest absolute Gasteiger partial charge is 0.469 e. The summed E-state index contributed by atoms with van der Waals surface area (Å²) in [4.78, 5) is 13.6. The summed E-state index contributed by atoms with van der Waals surface area (Å²) in [6.07, 6.45) is 2.93. The molecule has 16 heavy (non-hydrogen) atoms. The SMILES string of the molecule is COC(=O)C(C)(C)CN(C)CCCCCO. The highest BCUT2D eigenvalue weighted by molar-refractivity contribution is 5.76. The van der Waals surface area contributed by atoms with Gasteiger partial charge in [-0.25, -0.2) is 0 Å². The lowest BCUT2D eigenvalue weighted by Gasteiger charge is -2.27. The van der Waals surface area contributed by atoms with E-state index in [2.05, 4.69) is 4.90 Å². The van der Waals surface area contributed by atoms with E-state index in [1.165, 1.54) is 7.11 Å². The topological polar surface area (TPSA) is 49.8 Å². The monoisotopic (exact) mass is 231 g/mol. The maximum atomic E-state index is 11.5. The Bertz CT molecular complexity index is 204. The van der Waals surface area contributed by atoms with Gasteiger partial charge >= 0.3 is 5.97 Å². The van der Waals surface area contributed by atoms with Crippen LogP contribution in [0.1, 0.15) is 33.1 Å². The molecule has 0 aromatic rings. The van der Waals surface area contributed by atoms with Crippen molar-refractivity contribution in [1.82, 2.24) is 4.90 Å². The number of carbonyl (C=O) groups excluding carboxylic acids is 1. The number of carbonyl (C=O) groups is 1. The predicted molar refractivity (Wildman–Crippen MR) is 64.2 cm³/mol. The van der Waals surface area contributed by atoms with Crippen molar-refractivity contribution in [1.29, 1.82) is 0 Å². The molecule has 0 aliphatic heterocycles. The van der Waals surface area contributed by atoms with E-state index in [9.17, 15) is 4.79 Å². The third-order valence-corrected chi connectivity index (χ3v) is 2.60. The number of unbranched alkanes of at least 4 members (excludes halogenated alkanes) is 2. The number of aliphatic hydroxyl groups is 1. The fourth-order valence-electron chi connectivity index (χ4n) is 1.76. The van der Waals surface area contributed by atoms with Crippen LogP contribution < -0.4 is 0 Å². The van der Waals surface area contributed by atoms with Crippen molar-refractivity contribution in [3.8, 4) is 0 Å². The quantitative estimate of drug-likeness (QED) is 0.505. The number of rotatable bonds is 8. The van der Waals surface area contributed by atoms with Crippen LogP contribution in [0, 0.1) is 5.41 Å². The van der Waals surface area contributed by atoms with Crippen LogP contribution in [0.3, 0.4) is 0 Å². The highest BCUT2D eigenvalue weighted by Gasteiger charge is 2.29. The molecule has 0 atom stereocenters. The van der Waals surface area contributed by atoms with Crippen LogP contribution in [0.5, 0.6) is 0 Å². The summed E-state index contributed by atoms with van der Waals surface area (Å²) >= 11 is 0. The van der Waals surface area contributed by atoms with Crippen LogP contribution in [0.15, 0.2) is 0 Å². The van der Waals surface area contributed by atoms with Crippen molar-refractivity contribution in [2.45, 2.75) is 33.1 Å². The van der Waals surface area contributed by atoms with Crippen LogP contribution in [0.2, 0.25) is 0 Å². The minimum absolute atomic E-state index is 0.172. The first-order valence-electron chi connectivity index (χ1n) is 5.82. The van der Waals surface area contributed by atoms with E-state index in [0.717, 1.165) is 25.8 Å². The average molecular weight is 231 g/mol. The van der Waals surface area contributed by atoms with Gasteiger partial charge in [0, 0.05) is 13.2 Å². The fraction of sp³-hybridized carbons (Fsp3) is 0.917. The molecule has 0 fully saturated rings. The van der Waals surface area contributed by atoms with Gasteiger partial charge in [0.25, 0.3) is 0 Å². The van der Waals surface area contributed by atoms with Crippen LogP contribution >= 0.6 is 0 Å². The molecule has 0 rings (SSSR count). The van der Waals surface area contributed by atoms with Crippen molar-refractivity contribution >= 4 is 5.97 Å². The van der Waals surface area contributed by atoms with E-state index >= 15 is 0 Å². The Kier molecular flexibility index (Phi) is 7.34. The smallest absolute Gasteiger partial charge is 0.312 e. The zero-order chi connectivity index (χ0) is 12.6. The van der Waals surface area contributed by atoms with E-state index in [1.807, 2.05) is 20.9 Å². The maximum absolute atomic E-state index is 11.5. The lowest BCUT2D eigenvalue weighted by atomic mass is 9.93. The Labute approximate surface area is 98.6 Å². The van der Waals surface area contributed by atoms with E-state index in [0.29, 0.717) is 6.54 Å². The number of hydrogen-bond donors (Lipinski definition) is 1. The van der Waals surface area contributed by atoms with Gasteiger partial charge in [0.15, 0.2) is 0 Å². The third kappa shape index (κ3) is 6.08. The number of methoxy groups -OCH3 is 1. The van der Waals surface area contributed by atoms with Gasteiger partial charge in [0.1, 0.15) is 0 Å². The van der Waals surface area contributed by atoms with Gasteiger partial charge in [-0.05, 0) is 46.7 Å². The van der Waals surface area contributed by atoms with Crippen molar-refractivity contribution in [3.63, 3.8) is 0 Å². The molecule has 0 unspecified atom stereocenters. The molecular weight excluding hydrogens is 206 g/mol. The van der Waals surface area contributed by atoms with Crippen LogP contribution in [-0.2, 0) is 9.53 Å². The molecule has 0 aliphatic carbocycles. The molecule has 0 radical (unpaired) electrons. The lowest BCUT2D eigenvalue weighted by Crippen LogP contribution is -2.38. The molecule has 4 heteroatoms. The first kappa shape index (κ1) is 15.4. The normalized spacial score (nSPS) is 11.9. The van der Waals surface area contributed by atoms with Crippen molar-refractivity contribution in [2.24, 2.45) is 5.41 Å². The van der Waals surface area contributed by atoms with Gasteiger partial charge in [-0.2, -0.15) is 0 Å². The number of hydrogen-bond acceptors (Lipinski definition) is 4. The maximum Gasteiger partial charge on any atom is 0.312 e. The summed E-state index contributed by atoms with van der Waals surface area (Å²) in [6, 6.07) is 0. The summed E-state index contributed by atoms with van der Waals surface area (Å²) in [6.45, 7) is 5.68. The molecule has 0 amide bonds. The first-order chi connectivity index (χ1) is 7.44. The molecule has 0 heterocycles. The second-order valence-corrected chi connectivity index (χ2v) is 4.90. The second-order valence-electron chi connectivity index (χ2n) is 4.90. The zero-order valence-electron chi connectivity index (χ0n) is 11.0. The summed E-state index contributed by atoms with van der Waals surface area (Å²) in [5, 5.41) is 8.65. The van der Waals surface area contributed by atoms with Crippen molar-refractivity contribution in [3.05, 3.63) is 0 Å². The van der Waals surface area contributed by atoms with E-state index < -0.39 is 5.41 Å². The Hall–Kier alpha value is -0.610. The van der Waals surface area contributed by atoms with Gasteiger partial charge in [0.05, 0.1) is 12.5 Å². The molecule has 96 valence electrons. The summed E-state index contributed by atoms with van der Waals surface area (Å²) in [5.74, 6) is -0.172. The van der Waals surface area contributed by atoms with Crippen LogP contribution in [0.4, 0.5) is 0 Å². The van der Waals surface area contributed by atoms with Crippen LogP contribution in [-0.4, -0.2) is 49.8 Å². The fourth-order valence-corrected chi connectivity index (χ4v) is 1.76.